The largest absolute Gasteiger partial charge is 0.484 e. The Balaban J connectivity index is 1.61. The van der Waals surface area contributed by atoms with Crippen molar-refractivity contribution in [1.82, 2.24) is 5.32 Å². The Kier molecular flexibility index (Phi) is 7.01. The van der Waals surface area contributed by atoms with E-state index in [9.17, 15) is 14.4 Å². The van der Waals surface area contributed by atoms with Crippen LogP contribution in [0.15, 0.2) is 78.9 Å². The third-order valence-corrected chi connectivity index (χ3v) is 4.60. The number of carbonyl (C=O) groups excluding carboxylic acids is 3. The van der Waals surface area contributed by atoms with Crippen molar-refractivity contribution < 1.29 is 19.1 Å². The monoisotopic (exact) mass is 417 g/mol. The van der Waals surface area contributed by atoms with Crippen LogP contribution >= 0.6 is 0 Å². The number of nitrogens with two attached hydrogens (primary N) is 1. The molecule has 0 spiro atoms. The molecular weight excluding hydrogens is 394 g/mol. The summed E-state index contributed by atoms with van der Waals surface area (Å²) in [6, 6.07) is 22.3. The van der Waals surface area contributed by atoms with Crippen molar-refractivity contribution in [2.75, 3.05) is 11.9 Å². The van der Waals surface area contributed by atoms with E-state index in [1.165, 1.54) is 12.1 Å². The van der Waals surface area contributed by atoms with E-state index in [-0.39, 0.29) is 18.6 Å². The second-order valence-electron chi connectivity index (χ2n) is 6.88. The van der Waals surface area contributed by atoms with Crippen LogP contribution in [0.4, 0.5) is 5.69 Å². The third-order valence-electron chi connectivity index (χ3n) is 4.60. The van der Waals surface area contributed by atoms with Crippen LogP contribution in [-0.4, -0.2) is 24.3 Å². The van der Waals surface area contributed by atoms with Crippen molar-refractivity contribution in [3.8, 4) is 5.75 Å². The van der Waals surface area contributed by atoms with Gasteiger partial charge in [-0.2, -0.15) is 0 Å². The summed E-state index contributed by atoms with van der Waals surface area (Å²) in [6.07, 6.45) is 0. The summed E-state index contributed by atoms with van der Waals surface area (Å²) in [5, 5.41) is 5.64. The zero-order valence-corrected chi connectivity index (χ0v) is 17.0. The van der Waals surface area contributed by atoms with Crippen LogP contribution in [-0.2, 0) is 4.79 Å². The molecule has 0 aliphatic carbocycles. The van der Waals surface area contributed by atoms with Gasteiger partial charge in [0.05, 0.1) is 17.3 Å². The number of nitrogens with one attached hydrogen (secondary N) is 2. The van der Waals surface area contributed by atoms with Gasteiger partial charge in [-0.25, -0.2) is 0 Å². The van der Waals surface area contributed by atoms with E-state index in [2.05, 4.69) is 10.6 Å². The van der Waals surface area contributed by atoms with Gasteiger partial charge in [0.2, 0.25) is 5.91 Å². The Morgan fingerprint density at radius 1 is 0.903 bits per heavy atom. The van der Waals surface area contributed by atoms with Crippen LogP contribution in [0.1, 0.15) is 39.2 Å². The quantitative estimate of drug-likeness (QED) is 0.522. The molecule has 0 aliphatic heterocycles. The summed E-state index contributed by atoms with van der Waals surface area (Å²) in [5.74, 6) is -0.839. The van der Waals surface area contributed by atoms with Crippen molar-refractivity contribution in [2.45, 2.75) is 13.0 Å². The molecule has 4 N–H and O–H groups in total. The van der Waals surface area contributed by atoms with Crippen molar-refractivity contribution in [3.05, 3.63) is 95.6 Å². The topological polar surface area (TPSA) is 111 Å². The molecule has 7 nitrogen and oxygen atoms in total. The first-order valence-electron chi connectivity index (χ1n) is 9.71. The van der Waals surface area contributed by atoms with Gasteiger partial charge in [-0.3, -0.25) is 14.4 Å². The van der Waals surface area contributed by atoms with Gasteiger partial charge in [-0.1, -0.05) is 42.5 Å². The number of hydrogen-bond donors (Lipinski definition) is 3. The summed E-state index contributed by atoms with van der Waals surface area (Å²) in [7, 11) is 0. The molecule has 3 aromatic rings. The molecule has 3 aromatic carbocycles. The fourth-order valence-corrected chi connectivity index (χ4v) is 2.94. The smallest absolute Gasteiger partial charge is 0.262 e. The molecule has 0 aromatic heterocycles. The highest BCUT2D eigenvalue weighted by Crippen LogP contribution is 2.18. The molecule has 158 valence electrons. The van der Waals surface area contributed by atoms with Gasteiger partial charge < -0.3 is 21.1 Å². The highest BCUT2D eigenvalue weighted by atomic mass is 16.5. The molecular formula is C24H23N3O4. The van der Waals surface area contributed by atoms with Crippen LogP contribution in [0.2, 0.25) is 0 Å². The van der Waals surface area contributed by atoms with Crippen molar-refractivity contribution >= 4 is 23.4 Å². The summed E-state index contributed by atoms with van der Waals surface area (Å²) >= 11 is 0. The molecule has 0 saturated heterocycles. The predicted molar refractivity (Wildman–Crippen MR) is 118 cm³/mol. The first-order valence-corrected chi connectivity index (χ1v) is 9.71. The lowest BCUT2D eigenvalue weighted by atomic mass is 10.1. The van der Waals surface area contributed by atoms with E-state index in [1.807, 2.05) is 37.3 Å². The minimum Gasteiger partial charge on any atom is -0.484 e. The van der Waals surface area contributed by atoms with E-state index in [0.29, 0.717) is 22.6 Å². The molecule has 0 unspecified atom stereocenters. The van der Waals surface area contributed by atoms with E-state index in [0.717, 1.165) is 5.56 Å². The van der Waals surface area contributed by atoms with Gasteiger partial charge in [-0.05, 0) is 48.9 Å². The van der Waals surface area contributed by atoms with E-state index in [4.69, 9.17) is 10.5 Å². The number of primary amides is 1. The zero-order chi connectivity index (χ0) is 22.2. The fourth-order valence-electron chi connectivity index (χ4n) is 2.94. The van der Waals surface area contributed by atoms with Gasteiger partial charge in [0.15, 0.2) is 6.61 Å². The van der Waals surface area contributed by atoms with Gasteiger partial charge in [0.1, 0.15) is 5.75 Å². The molecule has 31 heavy (non-hydrogen) atoms. The third kappa shape index (κ3) is 5.93. The standard InChI is InChI=1S/C24H23N3O4/c1-16(17-7-3-2-4-8-17)26-24(30)20-9-5-6-10-21(20)27-22(28)15-31-19-13-11-18(12-14-19)23(25)29/h2-14,16H,15H2,1H3,(H2,25,29)(H,26,30)(H,27,28)/t16-/m1/s1. The highest BCUT2D eigenvalue weighted by Gasteiger charge is 2.16. The maximum Gasteiger partial charge on any atom is 0.262 e. The van der Waals surface area contributed by atoms with Gasteiger partial charge in [-0.15, -0.1) is 0 Å². The lowest BCUT2D eigenvalue weighted by Crippen LogP contribution is -2.28. The summed E-state index contributed by atoms with van der Waals surface area (Å²) in [4.78, 5) is 36.2. The Hall–Kier alpha value is -4.13. The SMILES string of the molecule is C[C@@H](NC(=O)c1ccccc1NC(=O)COc1ccc(C(N)=O)cc1)c1ccccc1. The fraction of sp³-hybridized carbons (Fsp3) is 0.125. The van der Waals surface area contributed by atoms with Gasteiger partial charge in [0, 0.05) is 5.56 Å². The van der Waals surface area contributed by atoms with Gasteiger partial charge in [0.25, 0.3) is 11.8 Å². The average molecular weight is 417 g/mol. The Labute approximate surface area is 180 Å². The summed E-state index contributed by atoms with van der Waals surface area (Å²) in [6.45, 7) is 1.64. The number of anilines is 1. The molecule has 0 saturated carbocycles. The molecule has 0 aliphatic rings. The first kappa shape index (κ1) is 21.6. The average Bonchev–Trinajstić information content (AvgIpc) is 2.79. The number of hydrogen-bond acceptors (Lipinski definition) is 4. The Morgan fingerprint density at radius 3 is 2.23 bits per heavy atom. The number of carbonyl (C=O) groups is 3. The summed E-state index contributed by atoms with van der Waals surface area (Å²) < 4.78 is 5.43. The molecule has 0 fully saturated rings. The Morgan fingerprint density at radius 2 is 1.55 bits per heavy atom. The number of rotatable bonds is 8. The molecule has 3 amide bonds. The highest BCUT2D eigenvalue weighted by molar-refractivity contribution is 6.04. The van der Waals surface area contributed by atoms with Crippen LogP contribution < -0.4 is 21.1 Å². The molecule has 7 heteroatoms. The maximum absolute atomic E-state index is 12.8. The van der Waals surface area contributed by atoms with Crippen molar-refractivity contribution in [1.29, 1.82) is 0 Å². The molecule has 0 heterocycles. The van der Waals surface area contributed by atoms with E-state index in [1.54, 1.807) is 36.4 Å². The summed E-state index contributed by atoms with van der Waals surface area (Å²) in [5.41, 5.74) is 7.26. The van der Waals surface area contributed by atoms with Crippen molar-refractivity contribution in [2.24, 2.45) is 5.73 Å². The first-order chi connectivity index (χ1) is 14.9. The number of amides is 3. The van der Waals surface area contributed by atoms with Crippen LogP contribution in [0.3, 0.4) is 0 Å². The molecule has 1 atom stereocenters. The van der Waals surface area contributed by atoms with Crippen molar-refractivity contribution in [3.63, 3.8) is 0 Å². The van der Waals surface area contributed by atoms with Crippen LogP contribution in [0, 0.1) is 0 Å². The Bertz CT molecular complexity index is 1070. The second-order valence-corrected chi connectivity index (χ2v) is 6.88. The minimum absolute atomic E-state index is 0.191. The van der Waals surface area contributed by atoms with Crippen LogP contribution in [0.25, 0.3) is 0 Å². The van der Waals surface area contributed by atoms with E-state index < -0.39 is 11.8 Å². The molecule has 3 rings (SSSR count). The second kappa shape index (κ2) is 10.1. The minimum atomic E-state index is -0.541. The van der Waals surface area contributed by atoms with Gasteiger partial charge >= 0.3 is 0 Å². The van der Waals surface area contributed by atoms with E-state index >= 15 is 0 Å². The van der Waals surface area contributed by atoms with Crippen LogP contribution in [0.5, 0.6) is 5.75 Å². The number of ether oxygens (including phenoxy) is 1. The number of benzene rings is 3. The predicted octanol–water partition coefficient (Wildman–Crippen LogP) is 3.29. The molecule has 0 bridgehead atoms. The maximum atomic E-state index is 12.8. The number of para-hydroxylation sites is 1. The normalized spacial score (nSPS) is 11.3. The molecule has 0 radical (unpaired) electrons. The lowest BCUT2D eigenvalue weighted by Gasteiger charge is -2.16. The lowest BCUT2D eigenvalue weighted by molar-refractivity contribution is -0.118. The zero-order valence-electron chi connectivity index (χ0n) is 17.0.